The summed E-state index contributed by atoms with van der Waals surface area (Å²) in [6, 6.07) is 12.5. The maximum Gasteiger partial charge on any atom is 0.192 e. The molecule has 8 heteroatoms. The Hall–Kier alpha value is -2.47. The van der Waals surface area contributed by atoms with E-state index >= 15 is 0 Å². The van der Waals surface area contributed by atoms with Gasteiger partial charge in [-0.3, -0.25) is 4.90 Å². The number of ether oxygens (including phenoxy) is 1. The largest absolute Gasteiger partial charge is 0.492 e. The fraction of sp³-hybridized carbons (Fsp3) is 0.429. The summed E-state index contributed by atoms with van der Waals surface area (Å²) in [5.41, 5.74) is 1.28. The number of nitrogens with zero attached hydrogens (tertiary/aromatic N) is 3. The highest BCUT2D eigenvalue weighted by Crippen LogP contribution is 2.27. The van der Waals surface area contributed by atoms with E-state index in [4.69, 9.17) is 10.00 Å². The van der Waals surface area contributed by atoms with E-state index in [1.165, 1.54) is 12.3 Å². The number of rotatable bonds is 7. The fourth-order valence-electron chi connectivity index (χ4n) is 3.62. The predicted molar refractivity (Wildman–Crippen MR) is 108 cm³/mol. The van der Waals surface area contributed by atoms with Crippen LogP contribution in [0.1, 0.15) is 30.6 Å². The van der Waals surface area contributed by atoms with E-state index in [0.717, 1.165) is 24.8 Å². The van der Waals surface area contributed by atoms with Crippen molar-refractivity contribution < 1.29 is 18.3 Å². The Bertz CT molecular complexity index is 986. The minimum absolute atomic E-state index is 0.0277. The highest BCUT2D eigenvalue weighted by Gasteiger charge is 2.31. The first-order chi connectivity index (χ1) is 13.8. The van der Waals surface area contributed by atoms with Crippen molar-refractivity contribution in [3.05, 3.63) is 53.7 Å². The van der Waals surface area contributed by atoms with Crippen LogP contribution < -0.4 is 4.74 Å². The second-order valence-corrected chi connectivity index (χ2v) is 9.54. The van der Waals surface area contributed by atoms with Gasteiger partial charge < -0.3 is 9.84 Å². The Balaban J connectivity index is 1.53. The normalized spacial score (nSPS) is 20.9. The second-order valence-electron chi connectivity index (χ2n) is 7.57. The van der Waals surface area contributed by atoms with Crippen molar-refractivity contribution in [1.29, 1.82) is 5.26 Å². The number of β-amino-alcohol motifs (C(OH)–C–C–N with tert-alkyl or cyclic N) is 1. The van der Waals surface area contributed by atoms with Crippen LogP contribution >= 0.6 is 0 Å². The molecule has 1 aromatic carbocycles. The summed E-state index contributed by atoms with van der Waals surface area (Å²) >= 11 is 0. The Morgan fingerprint density at radius 2 is 2.17 bits per heavy atom. The van der Waals surface area contributed by atoms with Crippen LogP contribution in [-0.4, -0.2) is 55.4 Å². The van der Waals surface area contributed by atoms with E-state index in [0.29, 0.717) is 36.4 Å². The summed E-state index contributed by atoms with van der Waals surface area (Å²) < 4.78 is 28.7. The molecule has 0 bridgehead atoms. The molecule has 3 atom stereocenters. The first kappa shape index (κ1) is 21.2. The Labute approximate surface area is 171 Å². The number of aliphatic hydroxyl groups excluding tert-OH is 1. The van der Waals surface area contributed by atoms with Gasteiger partial charge in [-0.25, -0.2) is 13.4 Å². The van der Waals surface area contributed by atoms with E-state index in [1.807, 2.05) is 6.07 Å². The van der Waals surface area contributed by atoms with Crippen molar-refractivity contribution in [2.45, 2.75) is 30.5 Å². The van der Waals surface area contributed by atoms with Crippen LogP contribution in [0.4, 0.5) is 0 Å². The summed E-state index contributed by atoms with van der Waals surface area (Å²) in [7, 11) is -3.32. The zero-order chi connectivity index (χ0) is 21.0. The Kier molecular flexibility index (Phi) is 6.52. The molecular weight excluding hydrogens is 390 g/mol. The van der Waals surface area contributed by atoms with Gasteiger partial charge in [-0.2, -0.15) is 5.26 Å². The van der Waals surface area contributed by atoms with Crippen LogP contribution in [0.3, 0.4) is 0 Å². The smallest absolute Gasteiger partial charge is 0.192 e. The van der Waals surface area contributed by atoms with Crippen LogP contribution in [0.2, 0.25) is 0 Å². The highest BCUT2D eigenvalue weighted by atomic mass is 32.2. The number of pyridine rings is 1. The molecule has 1 fully saturated rings. The molecule has 0 aliphatic carbocycles. The van der Waals surface area contributed by atoms with Gasteiger partial charge in [-0.1, -0.05) is 12.1 Å². The quantitative estimate of drug-likeness (QED) is 0.739. The average molecular weight is 416 g/mol. The SMILES string of the molecule is CC1CC(COc2ccc(S(C)(=O)=O)nc2)CN1CC(O)c1cccc(C#N)c1. The Morgan fingerprint density at radius 1 is 1.38 bits per heavy atom. The molecule has 7 nitrogen and oxygen atoms in total. The van der Waals surface area contributed by atoms with Crippen molar-refractivity contribution in [3.63, 3.8) is 0 Å². The molecule has 2 heterocycles. The third-order valence-electron chi connectivity index (χ3n) is 5.17. The van der Waals surface area contributed by atoms with Crippen LogP contribution in [0.25, 0.3) is 0 Å². The van der Waals surface area contributed by atoms with Gasteiger partial charge in [0.1, 0.15) is 5.75 Å². The number of nitriles is 1. The summed E-state index contributed by atoms with van der Waals surface area (Å²) in [5, 5.41) is 19.6. The highest BCUT2D eigenvalue weighted by molar-refractivity contribution is 7.90. The van der Waals surface area contributed by atoms with Gasteiger partial charge in [-0.15, -0.1) is 0 Å². The molecule has 1 N–H and O–H groups in total. The zero-order valence-corrected chi connectivity index (χ0v) is 17.3. The van der Waals surface area contributed by atoms with Crippen LogP contribution in [-0.2, 0) is 9.84 Å². The van der Waals surface area contributed by atoms with E-state index in [-0.39, 0.29) is 5.03 Å². The molecular formula is C21H25N3O4S. The third kappa shape index (κ3) is 5.54. The molecule has 1 aromatic heterocycles. The van der Waals surface area contributed by atoms with E-state index in [2.05, 4.69) is 22.9 Å². The van der Waals surface area contributed by atoms with Crippen molar-refractivity contribution in [2.75, 3.05) is 26.0 Å². The number of aliphatic hydroxyl groups is 1. The minimum Gasteiger partial charge on any atom is -0.492 e. The van der Waals surface area contributed by atoms with Gasteiger partial charge in [0, 0.05) is 31.3 Å². The first-order valence-corrected chi connectivity index (χ1v) is 11.4. The molecule has 0 amide bonds. The molecule has 0 saturated carbocycles. The van der Waals surface area contributed by atoms with Crippen LogP contribution in [0.15, 0.2) is 47.6 Å². The van der Waals surface area contributed by atoms with Gasteiger partial charge >= 0.3 is 0 Å². The van der Waals surface area contributed by atoms with Crippen LogP contribution in [0, 0.1) is 17.2 Å². The van der Waals surface area contributed by atoms with E-state index in [1.54, 1.807) is 24.3 Å². The zero-order valence-electron chi connectivity index (χ0n) is 16.5. The maximum absolute atomic E-state index is 11.5. The molecule has 154 valence electrons. The Morgan fingerprint density at radius 3 is 2.83 bits per heavy atom. The number of hydrogen-bond donors (Lipinski definition) is 1. The monoisotopic (exact) mass is 415 g/mol. The standard InChI is InChI=1S/C21H25N3O4S/c1-15-8-17(14-28-19-6-7-21(23-11-19)29(2,26)27)12-24(15)13-20(25)18-5-3-4-16(9-18)10-22/h3-7,9,11,15,17,20,25H,8,12-14H2,1-2H3. The predicted octanol–water partition coefficient (Wildman–Crippen LogP) is 2.18. The first-order valence-electron chi connectivity index (χ1n) is 9.47. The lowest BCUT2D eigenvalue weighted by molar-refractivity contribution is 0.107. The number of aromatic nitrogens is 1. The van der Waals surface area contributed by atoms with Gasteiger partial charge in [0.2, 0.25) is 0 Å². The van der Waals surface area contributed by atoms with Crippen molar-refractivity contribution >= 4 is 9.84 Å². The summed E-state index contributed by atoms with van der Waals surface area (Å²) in [6.07, 6.45) is 2.84. The van der Waals surface area contributed by atoms with Gasteiger partial charge in [-0.05, 0) is 43.2 Å². The van der Waals surface area contributed by atoms with Crippen molar-refractivity contribution in [3.8, 4) is 11.8 Å². The lowest BCUT2D eigenvalue weighted by atomic mass is 10.1. The van der Waals surface area contributed by atoms with Crippen molar-refractivity contribution in [2.24, 2.45) is 5.92 Å². The van der Waals surface area contributed by atoms with E-state index in [9.17, 15) is 13.5 Å². The molecule has 0 radical (unpaired) electrons. The average Bonchev–Trinajstić information content (AvgIpc) is 3.05. The van der Waals surface area contributed by atoms with Gasteiger partial charge in [0.15, 0.2) is 14.9 Å². The molecule has 1 saturated heterocycles. The van der Waals surface area contributed by atoms with E-state index < -0.39 is 15.9 Å². The summed E-state index contributed by atoms with van der Waals surface area (Å²) in [6.45, 7) is 3.92. The van der Waals surface area contributed by atoms with Gasteiger partial charge in [0.25, 0.3) is 0 Å². The number of hydrogen-bond acceptors (Lipinski definition) is 7. The number of likely N-dealkylation sites (tertiary alicyclic amines) is 1. The number of benzene rings is 1. The molecule has 1 aliphatic heterocycles. The lowest BCUT2D eigenvalue weighted by Crippen LogP contribution is -2.32. The summed E-state index contributed by atoms with van der Waals surface area (Å²) in [4.78, 5) is 6.16. The topological polar surface area (TPSA) is 104 Å². The summed E-state index contributed by atoms with van der Waals surface area (Å²) in [5.74, 6) is 0.842. The fourth-order valence-corrected chi connectivity index (χ4v) is 4.18. The molecule has 3 rings (SSSR count). The molecule has 0 spiro atoms. The molecule has 1 aliphatic rings. The second kappa shape index (κ2) is 8.91. The number of sulfone groups is 1. The van der Waals surface area contributed by atoms with Gasteiger partial charge in [0.05, 0.1) is 30.5 Å². The lowest BCUT2D eigenvalue weighted by Gasteiger charge is -2.24. The molecule has 29 heavy (non-hydrogen) atoms. The third-order valence-corrected chi connectivity index (χ3v) is 6.17. The molecule has 3 unspecified atom stereocenters. The minimum atomic E-state index is -3.32. The maximum atomic E-state index is 11.5. The van der Waals surface area contributed by atoms with Crippen molar-refractivity contribution in [1.82, 2.24) is 9.88 Å². The van der Waals surface area contributed by atoms with Crippen LogP contribution in [0.5, 0.6) is 5.75 Å². The molecule has 2 aromatic rings.